The van der Waals surface area contributed by atoms with Gasteiger partial charge in [-0.1, -0.05) is 22.9 Å². The molecule has 0 fully saturated rings. The van der Waals surface area contributed by atoms with Crippen LogP contribution in [-0.4, -0.2) is 12.5 Å². The van der Waals surface area contributed by atoms with Crippen molar-refractivity contribution in [3.05, 3.63) is 27.1 Å². The van der Waals surface area contributed by atoms with Crippen LogP contribution in [0.4, 0.5) is 5.69 Å². The third kappa shape index (κ3) is 5.19. The van der Waals surface area contributed by atoms with Crippen molar-refractivity contribution in [2.75, 3.05) is 11.9 Å². The van der Waals surface area contributed by atoms with Gasteiger partial charge < -0.3 is 11.1 Å². The summed E-state index contributed by atoms with van der Waals surface area (Å²) in [7, 11) is 0. The third-order valence-corrected chi connectivity index (χ3v) is 3.62. The van der Waals surface area contributed by atoms with Crippen LogP contribution in [-0.2, 0) is 4.79 Å². The van der Waals surface area contributed by atoms with Crippen molar-refractivity contribution in [3.63, 3.8) is 0 Å². The lowest BCUT2D eigenvalue weighted by molar-refractivity contribution is -0.116. The van der Waals surface area contributed by atoms with Gasteiger partial charge in [0.2, 0.25) is 5.91 Å². The van der Waals surface area contributed by atoms with E-state index in [0.29, 0.717) is 18.9 Å². The van der Waals surface area contributed by atoms with Crippen LogP contribution in [0.1, 0.15) is 19.8 Å². The minimum atomic E-state index is 0.0216. The van der Waals surface area contributed by atoms with Crippen molar-refractivity contribution in [2.24, 2.45) is 11.7 Å². The number of hydrogen-bond donors (Lipinski definition) is 2. The number of amides is 1. The minimum Gasteiger partial charge on any atom is -0.330 e. The Kier molecular flexibility index (Phi) is 6.16. The SMILES string of the molecule is CC(CN)CCC(=O)Nc1ccc(Br)cc1Br. The maximum Gasteiger partial charge on any atom is 0.224 e. The molecule has 0 heterocycles. The molecule has 1 rings (SSSR count). The van der Waals surface area contributed by atoms with E-state index in [0.717, 1.165) is 21.1 Å². The normalized spacial score (nSPS) is 12.2. The highest BCUT2D eigenvalue weighted by Crippen LogP contribution is 2.26. The van der Waals surface area contributed by atoms with E-state index >= 15 is 0 Å². The Labute approximate surface area is 118 Å². The summed E-state index contributed by atoms with van der Waals surface area (Å²) in [6.45, 7) is 2.66. The summed E-state index contributed by atoms with van der Waals surface area (Å²) in [6.07, 6.45) is 1.32. The number of carbonyl (C=O) groups is 1. The Balaban J connectivity index is 2.50. The van der Waals surface area contributed by atoms with Crippen molar-refractivity contribution < 1.29 is 4.79 Å². The van der Waals surface area contributed by atoms with E-state index < -0.39 is 0 Å². The van der Waals surface area contributed by atoms with E-state index in [1.54, 1.807) is 0 Å². The molecule has 0 spiro atoms. The minimum absolute atomic E-state index is 0.0216. The Hall–Kier alpha value is -0.390. The Bertz CT molecular complexity index is 396. The molecule has 0 bridgehead atoms. The lowest BCUT2D eigenvalue weighted by atomic mass is 10.1. The van der Waals surface area contributed by atoms with E-state index in [9.17, 15) is 4.79 Å². The fraction of sp³-hybridized carbons (Fsp3) is 0.417. The number of halogens is 2. The van der Waals surface area contributed by atoms with Crippen LogP contribution in [0.3, 0.4) is 0 Å². The number of hydrogen-bond acceptors (Lipinski definition) is 2. The van der Waals surface area contributed by atoms with Crippen LogP contribution in [0.25, 0.3) is 0 Å². The molecule has 3 N–H and O–H groups in total. The van der Waals surface area contributed by atoms with Gasteiger partial charge in [-0.2, -0.15) is 0 Å². The number of anilines is 1. The largest absolute Gasteiger partial charge is 0.330 e. The second-order valence-corrected chi connectivity index (χ2v) is 5.82. The maximum atomic E-state index is 11.7. The average Bonchev–Trinajstić information content (AvgIpc) is 2.29. The lowest BCUT2D eigenvalue weighted by Gasteiger charge is -2.10. The highest BCUT2D eigenvalue weighted by molar-refractivity contribution is 9.11. The van der Waals surface area contributed by atoms with Crippen LogP contribution in [0.15, 0.2) is 27.1 Å². The van der Waals surface area contributed by atoms with E-state index in [4.69, 9.17) is 5.73 Å². The molecule has 0 aliphatic rings. The van der Waals surface area contributed by atoms with Crippen LogP contribution < -0.4 is 11.1 Å². The van der Waals surface area contributed by atoms with Gasteiger partial charge in [0.15, 0.2) is 0 Å². The molecule has 0 saturated heterocycles. The summed E-state index contributed by atoms with van der Waals surface area (Å²) in [5.74, 6) is 0.405. The van der Waals surface area contributed by atoms with E-state index in [1.807, 2.05) is 25.1 Å². The van der Waals surface area contributed by atoms with Crippen LogP contribution >= 0.6 is 31.9 Å². The van der Waals surface area contributed by atoms with Crippen LogP contribution in [0.5, 0.6) is 0 Å². The summed E-state index contributed by atoms with van der Waals surface area (Å²) in [4.78, 5) is 11.7. The first-order valence-electron chi connectivity index (χ1n) is 5.48. The summed E-state index contributed by atoms with van der Waals surface area (Å²) >= 11 is 6.77. The number of carbonyl (C=O) groups excluding carboxylic acids is 1. The van der Waals surface area contributed by atoms with Gasteiger partial charge in [0, 0.05) is 15.4 Å². The summed E-state index contributed by atoms with van der Waals surface area (Å²) in [5.41, 5.74) is 6.30. The number of benzene rings is 1. The molecule has 1 unspecified atom stereocenters. The molecule has 3 nitrogen and oxygen atoms in total. The maximum absolute atomic E-state index is 11.7. The molecule has 0 aliphatic carbocycles. The van der Waals surface area contributed by atoms with Gasteiger partial charge in [-0.3, -0.25) is 4.79 Å². The monoisotopic (exact) mass is 362 g/mol. The number of rotatable bonds is 5. The van der Waals surface area contributed by atoms with Gasteiger partial charge >= 0.3 is 0 Å². The quantitative estimate of drug-likeness (QED) is 0.840. The van der Waals surface area contributed by atoms with E-state index in [2.05, 4.69) is 37.2 Å². The molecule has 17 heavy (non-hydrogen) atoms. The Morgan fingerprint density at radius 1 is 1.47 bits per heavy atom. The Morgan fingerprint density at radius 3 is 2.76 bits per heavy atom. The Morgan fingerprint density at radius 2 is 2.18 bits per heavy atom. The van der Waals surface area contributed by atoms with Gasteiger partial charge in [-0.25, -0.2) is 0 Å². The molecule has 1 atom stereocenters. The molecule has 1 amide bonds. The van der Waals surface area contributed by atoms with Crippen molar-refractivity contribution >= 4 is 43.5 Å². The number of nitrogens with one attached hydrogen (secondary N) is 1. The van der Waals surface area contributed by atoms with Gasteiger partial charge in [-0.15, -0.1) is 0 Å². The molecule has 0 radical (unpaired) electrons. The van der Waals surface area contributed by atoms with Gasteiger partial charge in [0.1, 0.15) is 0 Å². The predicted octanol–water partition coefficient (Wildman–Crippen LogP) is 3.53. The molecule has 1 aromatic carbocycles. The van der Waals surface area contributed by atoms with E-state index in [-0.39, 0.29) is 5.91 Å². The predicted molar refractivity (Wildman–Crippen MR) is 77.9 cm³/mol. The zero-order valence-electron chi connectivity index (χ0n) is 9.67. The van der Waals surface area contributed by atoms with Gasteiger partial charge in [0.05, 0.1) is 5.69 Å². The smallest absolute Gasteiger partial charge is 0.224 e. The molecule has 0 saturated carbocycles. The van der Waals surface area contributed by atoms with E-state index in [1.165, 1.54) is 0 Å². The van der Waals surface area contributed by atoms with Gasteiger partial charge in [-0.05, 0) is 53.0 Å². The first kappa shape index (κ1) is 14.7. The molecule has 0 aliphatic heterocycles. The van der Waals surface area contributed by atoms with Crippen molar-refractivity contribution in [1.82, 2.24) is 0 Å². The first-order valence-corrected chi connectivity index (χ1v) is 7.06. The summed E-state index contributed by atoms with van der Waals surface area (Å²) in [6, 6.07) is 5.65. The zero-order valence-corrected chi connectivity index (χ0v) is 12.8. The van der Waals surface area contributed by atoms with Crippen molar-refractivity contribution in [2.45, 2.75) is 19.8 Å². The first-order chi connectivity index (χ1) is 8.02. The fourth-order valence-electron chi connectivity index (χ4n) is 1.30. The van der Waals surface area contributed by atoms with Crippen LogP contribution in [0, 0.1) is 5.92 Å². The number of nitrogens with two attached hydrogens (primary N) is 1. The molecule has 5 heteroatoms. The topological polar surface area (TPSA) is 55.1 Å². The molecule has 0 aromatic heterocycles. The second kappa shape index (κ2) is 7.13. The lowest BCUT2D eigenvalue weighted by Crippen LogP contribution is -2.16. The van der Waals surface area contributed by atoms with Crippen LogP contribution in [0.2, 0.25) is 0 Å². The molecular formula is C12H16Br2N2O. The standard InChI is InChI=1S/C12H16Br2N2O/c1-8(7-15)2-5-12(17)16-11-4-3-9(13)6-10(11)14/h3-4,6,8H,2,5,7,15H2,1H3,(H,16,17). The second-order valence-electron chi connectivity index (χ2n) is 4.05. The summed E-state index contributed by atoms with van der Waals surface area (Å²) in [5, 5.41) is 2.87. The van der Waals surface area contributed by atoms with Gasteiger partial charge in [0.25, 0.3) is 0 Å². The average molecular weight is 364 g/mol. The van der Waals surface area contributed by atoms with Crippen molar-refractivity contribution in [3.8, 4) is 0 Å². The highest BCUT2D eigenvalue weighted by Gasteiger charge is 2.08. The third-order valence-electron chi connectivity index (χ3n) is 2.47. The van der Waals surface area contributed by atoms with Crippen molar-refractivity contribution in [1.29, 1.82) is 0 Å². The molecule has 94 valence electrons. The molecular weight excluding hydrogens is 348 g/mol. The molecule has 1 aromatic rings. The summed E-state index contributed by atoms with van der Waals surface area (Å²) < 4.78 is 1.84. The zero-order chi connectivity index (χ0) is 12.8. The fourth-order valence-corrected chi connectivity index (χ4v) is 2.45. The highest BCUT2D eigenvalue weighted by atomic mass is 79.9.